The van der Waals surface area contributed by atoms with E-state index in [0.29, 0.717) is 0 Å². The molecule has 2 atom stereocenters. The van der Waals surface area contributed by atoms with Crippen LogP contribution in [0.2, 0.25) is 0 Å². The minimum atomic E-state index is -0.313. The first kappa shape index (κ1) is 7.50. The molecule has 4 heteroatoms. The van der Waals surface area contributed by atoms with E-state index in [1.807, 2.05) is 0 Å². The zero-order valence-electron chi connectivity index (χ0n) is 5.74. The van der Waals surface area contributed by atoms with Gasteiger partial charge in [-0.25, -0.2) is 0 Å². The number of hydrogen-bond donors (Lipinski definition) is 1. The van der Waals surface area contributed by atoms with Crippen molar-refractivity contribution in [2.45, 2.75) is 19.1 Å². The van der Waals surface area contributed by atoms with E-state index in [2.05, 4.69) is 4.74 Å². The summed E-state index contributed by atoms with van der Waals surface area (Å²) in [6.45, 7) is 1.61. The second-order valence-electron chi connectivity index (χ2n) is 2.20. The molecule has 0 aliphatic carbocycles. The first-order valence-corrected chi connectivity index (χ1v) is 3.13. The summed E-state index contributed by atoms with van der Waals surface area (Å²) in [4.78, 5) is 10.2. The lowest BCUT2D eigenvalue weighted by Gasteiger charge is -1.95. The molecule has 1 aliphatic rings. The van der Waals surface area contributed by atoms with Gasteiger partial charge in [0.15, 0.2) is 0 Å². The highest BCUT2D eigenvalue weighted by Crippen LogP contribution is 2.20. The van der Waals surface area contributed by atoms with Crippen LogP contribution in [0, 0.1) is 0 Å². The van der Waals surface area contributed by atoms with E-state index < -0.39 is 0 Å². The third-order valence-electron chi connectivity index (χ3n) is 1.32. The summed E-state index contributed by atoms with van der Waals surface area (Å²) in [5, 5.41) is 8.48. The van der Waals surface area contributed by atoms with Gasteiger partial charge in [-0.05, 0) is 0 Å². The van der Waals surface area contributed by atoms with Gasteiger partial charge in [-0.1, -0.05) is 0 Å². The lowest BCUT2D eigenvalue weighted by molar-refractivity contribution is -0.141. The summed E-state index contributed by atoms with van der Waals surface area (Å²) < 4.78 is 9.51. The van der Waals surface area contributed by atoms with Crippen LogP contribution in [-0.4, -0.2) is 36.5 Å². The van der Waals surface area contributed by atoms with Gasteiger partial charge in [0.1, 0.15) is 18.8 Å². The van der Waals surface area contributed by atoms with Gasteiger partial charge in [-0.3, -0.25) is 4.79 Å². The molecule has 1 heterocycles. The third kappa shape index (κ3) is 1.97. The van der Waals surface area contributed by atoms with Gasteiger partial charge in [0, 0.05) is 6.92 Å². The minimum Gasteiger partial charge on any atom is -0.463 e. The molecule has 1 aliphatic heterocycles. The first-order chi connectivity index (χ1) is 4.74. The molecule has 0 amide bonds. The number of epoxide rings is 1. The van der Waals surface area contributed by atoms with Crippen LogP contribution >= 0.6 is 0 Å². The van der Waals surface area contributed by atoms with Crippen LogP contribution in [0.25, 0.3) is 0 Å². The van der Waals surface area contributed by atoms with Crippen molar-refractivity contribution in [2.75, 3.05) is 13.2 Å². The van der Waals surface area contributed by atoms with Crippen molar-refractivity contribution >= 4 is 5.97 Å². The standard InChI is InChI=1S/C6H10O4/c1-4(8)9-3-6-5(2-7)10-6/h5-7H,2-3H2,1H3/t5-,6+/m0/s1. The molecule has 1 saturated heterocycles. The Morgan fingerprint density at radius 2 is 2.40 bits per heavy atom. The molecule has 10 heavy (non-hydrogen) atoms. The molecule has 58 valence electrons. The molecule has 0 aromatic rings. The third-order valence-corrected chi connectivity index (χ3v) is 1.32. The van der Waals surface area contributed by atoms with Gasteiger partial charge in [0.05, 0.1) is 6.61 Å². The largest absolute Gasteiger partial charge is 0.463 e. The fraction of sp³-hybridized carbons (Fsp3) is 0.833. The molecule has 1 rings (SSSR count). The van der Waals surface area contributed by atoms with E-state index in [4.69, 9.17) is 9.84 Å². The van der Waals surface area contributed by atoms with Crippen molar-refractivity contribution in [1.82, 2.24) is 0 Å². The van der Waals surface area contributed by atoms with E-state index in [1.165, 1.54) is 6.92 Å². The van der Waals surface area contributed by atoms with Crippen molar-refractivity contribution in [3.05, 3.63) is 0 Å². The van der Waals surface area contributed by atoms with E-state index in [-0.39, 0.29) is 31.4 Å². The average Bonchev–Trinajstić information content (AvgIpc) is 2.61. The van der Waals surface area contributed by atoms with Gasteiger partial charge in [-0.2, -0.15) is 0 Å². The number of carbonyl (C=O) groups excluding carboxylic acids is 1. The van der Waals surface area contributed by atoms with Gasteiger partial charge in [0.2, 0.25) is 0 Å². The molecule has 0 aromatic heterocycles. The van der Waals surface area contributed by atoms with E-state index in [1.54, 1.807) is 0 Å². The van der Waals surface area contributed by atoms with Crippen LogP contribution in [-0.2, 0) is 14.3 Å². The Hall–Kier alpha value is -0.610. The quantitative estimate of drug-likeness (QED) is 0.423. The highest BCUT2D eigenvalue weighted by atomic mass is 16.6. The Kier molecular flexibility index (Phi) is 2.24. The Labute approximate surface area is 58.7 Å². The van der Waals surface area contributed by atoms with Crippen LogP contribution in [0.4, 0.5) is 0 Å². The lowest BCUT2D eigenvalue weighted by Crippen LogP contribution is -2.09. The molecule has 4 nitrogen and oxygen atoms in total. The van der Waals surface area contributed by atoms with Gasteiger partial charge < -0.3 is 14.6 Å². The Balaban J connectivity index is 2.01. The minimum absolute atomic E-state index is 0.00588. The maximum atomic E-state index is 10.2. The number of aliphatic hydroxyl groups excluding tert-OH is 1. The van der Waals surface area contributed by atoms with Crippen LogP contribution < -0.4 is 0 Å². The summed E-state index contributed by atoms with van der Waals surface area (Å²) in [5.74, 6) is -0.313. The zero-order valence-corrected chi connectivity index (χ0v) is 5.74. The number of hydrogen-bond acceptors (Lipinski definition) is 4. The highest BCUT2D eigenvalue weighted by molar-refractivity contribution is 5.65. The molecule has 0 unspecified atom stereocenters. The van der Waals surface area contributed by atoms with Crippen molar-refractivity contribution in [3.8, 4) is 0 Å². The summed E-state index contributed by atoms with van der Waals surface area (Å²) in [6, 6.07) is 0. The molecule has 0 spiro atoms. The fourth-order valence-electron chi connectivity index (χ4n) is 0.686. The predicted molar refractivity (Wildman–Crippen MR) is 32.4 cm³/mol. The summed E-state index contributed by atoms with van der Waals surface area (Å²) in [6.07, 6.45) is -0.187. The normalized spacial score (nSPS) is 29.8. The molecule has 1 N–H and O–H groups in total. The molecule has 0 aromatic carbocycles. The zero-order chi connectivity index (χ0) is 7.56. The van der Waals surface area contributed by atoms with Gasteiger partial charge in [-0.15, -0.1) is 0 Å². The van der Waals surface area contributed by atoms with Gasteiger partial charge >= 0.3 is 5.97 Å². The maximum absolute atomic E-state index is 10.2. The maximum Gasteiger partial charge on any atom is 0.302 e. The Bertz CT molecular complexity index is 134. The lowest BCUT2D eigenvalue weighted by atomic mass is 10.3. The second kappa shape index (κ2) is 2.98. The molecule has 0 bridgehead atoms. The van der Waals surface area contributed by atoms with Crippen molar-refractivity contribution < 1.29 is 19.4 Å². The van der Waals surface area contributed by atoms with Crippen molar-refractivity contribution in [3.63, 3.8) is 0 Å². The Morgan fingerprint density at radius 1 is 1.70 bits per heavy atom. The number of esters is 1. The number of ether oxygens (including phenoxy) is 2. The van der Waals surface area contributed by atoms with E-state index >= 15 is 0 Å². The molecular formula is C6H10O4. The second-order valence-corrected chi connectivity index (χ2v) is 2.20. The van der Waals surface area contributed by atoms with Crippen molar-refractivity contribution in [1.29, 1.82) is 0 Å². The van der Waals surface area contributed by atoms with Crippen LogP contribution in [0.5, 0.6) is 0 Å². The number of rotatable bonds is 3. The molecule has 0 saturated carbocycles. The molecular weight excluding hydrogens is 136 g/mol. The Morgan fingerprint density at radius 3 is 2.80 bits per heavy atom. The van der Waals surface area contributed by atoms with Crippen LogP contribution in [0.15, 0.2) is 0 Å². The predicted octanol–water partition coefficient (Wildman–Crippen LogP) is -0.691. The highest BCUT2D eigenvalue weighted by Gasteiger charge is 2.38. The van der Waals surface area contributed by atoms with E-state index in [0.717, 1.165) is 0 Å². The first-order valence-electron chi connectivity index (χ1n) is 3.13. The summed E-state index contributed by atoms with van der Waals surface area (Å²) >= 11 is 0. The molecule has 1 fully saturated rings. The molecule has 0 radical (unpaired) electrons. The number of aliphatic hydroxyl groups is 1. The van der Waals surface area contributed by atoms with Gasteiger partial charge in [0.25, 0.3) is 0 Å². The van der Waals surface area contributed by atoms with Crippen LogP contribution in [0.1, 0.15) is 6.92 Å². The van der Waals surface area contributed by atoms with Crippen LogP contribution in [0.3, 0.4) is 0 Å². The smallest absolute Gasteiger partial charge is 0.302 e. The topological polar surface area (TPSA) is 59.1 Å². The fourth-order valence-corrected chi connectivity index (χ4v) is 0.686. The van der Waals surface area contributed by atoms with Crippen molar-refractivity contribution in [2.24, 2.45) is 0 Å². The average molecular weight is 146 g/mol. The monoisotopic (exact) mass is 146 g/mol. The van der Waals surface area contributed by atoms with E-state index in [9.17, 15) is 4.79 Å². The summed E-state index contributed by atoms with van der Waals surface area (Å²) in [7, 11) is 0. The summed E-state index contributed by atoms with van der Waals surface area (Å²) in [5.41, 5.74) is 0. The number of carbonyl (C=O) groups is 1. The SMILES string of the molecule is CC(=O)OC[C@H]1O[C@H]1CO.